The predicted molar refractivity (Wildman–Crippen MR) is 120 cm³/mol. The third kappa shape index (κ3) is 3.40. The Hall–Kier alpha value is -2.68. The van der Waals surface area contributed by atoms with E-state index in [9.17, 15) is 9.59 Å². The highest BCUT2D eigenvalue weighted by atomic mass is 16.2. The summed E-state index contributed by atoms with van der Waals surface area (Å²) in [6, 6.07) is -0.100. The van der Waals surface area contributed by atoms with Crippen LogP contribution in [0.15, 0.2) is 26.8 Å². The van der Waals surface area contributed by atoms with E-state index < -0.39 is 0 Å². The molecule has 4 rings (SSSR count). The zero-order valence-corrected chi connectivity index (χ0v) is 18.3. The Morgan fingerprint density at radius 2 is 1.87 bits per heavy atom. The molecule has 2 aromatic heterocycles. The van der Waals surface area contributed by atoms with Crippen LogP contribution in [-0.2, 0) is 13.6 Å². The number of rotatable bonds is 5. The highest BCUT2D eigenvalue weighted by molar-refractivity contribution is 5.91. The molecular formula is C21H31N7O2. The summed E-state index contributed by atoms with van der Waals surface area (Å²) in [4.78, 5) is 33.2. The first kappa shape index (κ1) is 20.6. The lowest BCUT2D eigenvalue weighted by Crippen LogP contribution is -2.41. The van der Waals surface area contributed by atoms with Crippen LogP contribution in [0.25, 0.3) is 11.2 Å². The number of anilines is 1. The quantitative estimate of drug-likeness (QED) is 0.697. The molecule has 9 heteroatoms. The minimum absolute atomic E-state index is 0.100. The third-order valence-electron chi connectivity index (χ3n) is 6.26. The van der Waals surface area contributed by atoms with Gasteiger partial charge in [0.05, 0.1) is 18.3 Å². The Bertz CT molecular complexity index is 1120. The number of aromatic nitrogens is 4. The van der Waals surface area contributed by atoms with E-state index in [-0.39, 0.29) is 23.8 Å². The number of nitrogens with zero attached hydrogens (tertiary/aromatic N) is 7. The molecule has 1 atom stereocenters. The van der Waals surface area contributed by atoms with Gasteiger partial charge in [0.1, 0.15) is 0 Å². The van der Waals surface area contributed by atoms with Crippen molar-refractivity contribution in [2.75, 3.05) is 31.2 Å². The summed E-state index contributed by atoms with van der Waals surface area (Å²) < 4.78 is 4.68. The first-order valence-corrected chi connectivity index (χ1v) is 10.8. The van der Waals surface area contributed by atoms with Crippen molar-refractivity contribution in [1.82, 2.24) is 23.6 Å². The van der Waals surface area contributed by atoms with Gasteiger partial charge in [-0.3, -0.25) is 18.5 Å². The molecule has 4 heterocycles. The van der Waals surface area contributed by atoms with E-state index in [0.717, 1.165) is 25.3 Å². The molecule has 0 aliphatic carbocycles. The number of aryl methyl sites for hydroxylation is 1. The third-order valence-corrected chi connectivity index (χ3v) is 6.26. The van der Waals surface area contributed by atoms with Crippen LogP contribution in [0.4, 0.5) is 5.95 Å². The van der Waals surface area contributed by atoms with Gasteiger partial charge in [-0.05, 0) is 46.7 Å². The van der Waals surface area contributed by atoms with Crippen molar-refractivity contribution >= 4 is 22.8 Å². The van der Waals surface area contributed by atoms with Crippen molar-refractivity contribution < 1.29 is 0 Å². The van der Waals surface area contributed by atoms with E-state index in [1.165, 1.54) is 28.4 Å². The number of hydrazone groups is 1. The minimum Gasteiger partial charge on any atom is -0.301 e. The zero-order valence-electron chi connectivity index (χ0n) is 18.3. The second kappa shape index (κ2) is 8.22. The van der Waals surface area contributed by atoms with Crippen molar-refractivity contribution in [3.05, 3.63) is 33.0 Å². The first-order valence-electron chi connectivity index (χ1n) is 10.8. The predicted octanol–water partition coefficient (Wildman–Crippen LogP) is 1.72. The summed E-state index contributed by atoms with van der Waals surface area (Å²) in [6.45, 7) is 9.96. The van der Waals surface area contributed by atoms with Gasteiger partial charge in [0.15, 0.2) is 11.2 Å². The van der Waals surface area contributed by atoms with E-state index in [0.29, 0.717) is 23.7 Å². The fraction of sp³-hybridized carbons (Fsp3) is 0.619. The summed E-state index contributed by atoms with van der Waals surface area (Å²) in [7, 11) is 1.67. The number of hydrogen-bond acceptors (Lipinski definition) is 6. The summed E-state index contributed by atoms with van der Waals surface area (Å²) in [5.41, 5.74) is 1.14. The van der Waals surface area contributed by atoms with Gasteiger partial charge in [0, 0.05) is 20.1 Å². The van der Waals surface area contributed by atoms with Crippen LogP contribution in [0, 0.1) is 0 Å². The van der Waals surface area contributed by atoms with Gasteiger partial charge in [-0.2, -0.15) is 10.1 Å². The van der Waals surface area contributed by atoms with Crippen LogP contribution in [0.5, 0.6) is 0 Å². The summed E-state index contributed by atoms with van der Waals surface area (Å²) in [6.07, 6.45) is 7.43. The van der Waals surface area contributed by atoms with Crippen molar-refractivity contribution in [2.24, 2.45) is 12.1 Å². The van der Waals surface area contributed by atoms with Crippen molar-refractivity contribution in [2.45, 2.75) is 52.6 Å². The molecule has 0 saturated carbocycles. The zero-order chi connectivity index (χ0) is 21.4. The maximum atomic E-state index is 13.3. The Morgan fingerprint density at radius 3 is 2.57 bits per heavy atom. The van der Waals surface area contributed by atoms with Gasteiger partial charge in [0.25, 0.3) is 5.56 Å². The van der Waals surface area contributed by atoms with Crippen LogP contribution in [0.1, 0.15) is 46.1 Å². The van der Waals surface area contributed by atoms with Gasteiger partial charge < -0.3 is 4.90 Å². The lowest BCUT2D eigenvalue weighted by atomic mass is 10.1. The molecule has 0 aromatic carbocycles. The van der Waals surface area contributed by atoms with E-state index in [1.807, 2.05) is 42.5 Å². The van der Waals surface area contributed by atoms with E-state index in [2.05, 4.69) is 4.90 Å². The molecule has 162 valence electrons. The van der Waals surface area contributed by atoms with Gasteiger partial charge in [-0.1, -0.05) is 18.6 Å². The number of allylic oxidation sites excluding steroid dienone is 2. The molecule has 0 bridgehead atoms. The Labute approximate surface area is 175 Å². The van der Waals surface area contributed by atoms with Crippen molar-refractivity contribution in [3.63, 3.8) is 0 Å². The molecule has 0 N–H and O–H groups in total. The molecule has 1 saturated heterocycles. The Balaban J connectivity index is 1.80. The summed E-state index contributed by atoms with van der Waals surface area (Å²) >= 11 is 0. The molecule has 30 heavy (non-hydrogen) atoms. The standard InChI is InChI=1S/C21H31N7O2/c1-5-6-12-26-19(29)17-18(24(4)21(26)30)22-20-27(23-15(2)16(3)28(17)20)14-13-25-10-8-7-9-11-25/h5-6,16H,7-14H2,1-4H3/b6-5+. The second-order valence-corrected chi connectivity index (χ2v) is 8.22. The molecule has 0 spiro atoms. The molecule has 0 amide bonds. The molecule has 1 unspecified atom stereocenters. The average molecular weight is 414 g/mol. The van der Waals surface area contributed by atoms with Gasteiger partial charge in [-0.15, -0.1) is 0 Å². The lowest BCUT2D eigenvalue weighted by Gasteiger charge is -2.32. The van der Waals surface area contributed by atoms with Crippen LogP contribution < -0.4 is 16.3 Å². The number of likely N-dealkylation sites (tertiary alicyclic amines) is 1. The summed E-state index contributed by atoms with van der Waals surface area (Å²) in [5.74, 6) is 0.635. The van der Waals surface area contributed by atoms with Crippen LogP contribution >= 0.6 is 0 Å². The average Bonchev–Trinajstić information content (AvgIpc) is 3.16. The van der Waals surface area contributed by atoms with Crippen molar-refractivity contribution in [3.8, 4) is 0 Å². The van der Waals surface area contributed by atoms with E-state index in [4.69, 9.17) is 10.1 Å². The Morgan fingerprint density at radius 1 is 1.13 bits per heavy atom. The lowest BCUT2D eigenvalue weighted by molar-refractivity contribution is 0.233. The summed E-state index contributed by atoms with van der Waals surface area (Å²) in [5, 5.41) is 6.66. The fourth-order valence-electron chi connectivity index (χ4n) is 4.32. The number of imidazole rings is 1. The van der Waals surface area contributed by atoms with Crippen LogP contribution in [0.3, 0.4) is 0 Å². The van der Waals surface area contributed by atoms with Gasteiger partial charge >= 0.3 is 5.69 Å². The fourth-order valence-corrected chi connectivity index (χ4v) is 4.32. The number of piperidine rings is 1. The topological polar surface area (TPSA) is 80.7 Å². The molecule has 1 fully saturated rings. The SMILES string of the molecule is C/C=C/Cn1c(=O)c2c(nc3n2C(C)C(C)=NN3CCN2CCCCC2)n(C)c1=O. The largest absolute Gasteiger partial charge is 0.332 e. The Kier molecular flexibility index (Phi) is 5.64. The van der Waals surface area contributed by atoms with E-state index >= 15 is 0 Å². The molecule has 2 aromatic rings. The maximum Gasteiger partial charge on any atom is 0.332 e. The molecule has 0 radical (unpaired) electrons. The van der Waals surface area contributed by atoms with Crippen molar-refractivity contribution in [1.29, 1.82) is 0 Å². The smallest absolute Gasteiger partial charge is 0.301 e. The highest BCUT2D eigenvalue weighted by Crippen LogP contribution is 2.29. The molecule has 9 nitrogen and oxygen atoms in total. The maximum absolute atomic E-state index is 13.3. The molecule has 2 aliphatic heterocycles. The number of fused-ring (bicyclic) bond motifs is 3. The minimum atomic E-state index is -0.355. The van der Waals surface area contributed by atoms with Crippen LogP contribution in [0.2, 0.25) is 0 Å². The molecule has 2 aliphatic rings. The second-order valence-electron chi connectivity index (χ2n) is 8.22. The number of hydrogen-bond donors (Lipinski definition) is 0. The van der Waals surface area contributed by atoms with Crippen LogP contribution in [-0.4, -0.2) is 55.5 Å². The van der Waals surface area contributed by atoms with E-state index in [1.54, 1.807) is 7.05 Å². The normalized spacial score (nSPS) is 20.2. The highest BCUT2D eigenvalue weighted by Gasteiger charge is 2.30. The molecular weight excluding hydrogens is 382 g/mol. The monoisotopic (exact) mass is 413 g/mol. The van der Waals surface area contributed by atoms with Gasteiger partial charge in [0.2, 0.25) is 5.95 Å². The van der Waals surface area contributed by atoms with Gasteiger partial charge in [-0.25, -0.2) is 9.80 Å². The first-order chi connectivity index (χ1) is 14.4.